The molecule has 174 valence electrons. The van der Waals surface area contributed by atoms with Gasteiger partial charge in [0.25, 0.3) is 5.91 Å². The van der Waals surface area contributed by atoms with Crippen molar-refractivity contribution >= 4 is 11.8 Å². The van der Waals surface area contributed by atoms with E-state index in [0.29, 0.717) is 19.6 Å². The molecule has 2 aliphatic heterocycles. The lowest BCUT2D eigenvalue weighted by molar-refractivity contribution is -0.145. The number of halogens is 1. The van der Waals surface area contributed by atoms with Crippen LogP contribution in [-0.4, -0.2) is 62.6 Å². The Bertz CT molecular complexity index is 1080. The fraction of sp³-hybridized carbons (Fsp3) is 0.500. The summed E-state index contributed by atoms with van der Waals surface area (Å²) in [5, 5.41) is 11.4. The smallest absolute Gasteiger partial charge is 0.289 e. The summed E-state index contributed by atoms with van der Waals surface area (Å²) in [7, 11) is 0. The van der Waals surface area contributed by atoms with Crippen molar-refractivity contribution in [2.24, 2.45) is 5.41 Å². The molecule has 3 heterocycles. The predicted molar refractivity (Wildman–Crippen MR) is 120 cm³/mol. The van der Waals surface area contributed by atoms with Gasteiger partial charge in [0.15, 0.2) is 5.82 Å². The molecule has 5 rings (SSSR count). The summed E-state index contributed by atoms with van der Waals surface area (Å²) < 4.78 is 15.0. The lowest BCUT2D eigenvalue weighted by Gasteiger charge is -2.45. The summed E-state index contributed by atoms with van der Waals surface area (Å²) in [5.41, 5.74) is 0.465. The van der Waals surface area contributed by atoms with E-state index in [1.807, 2.05) is 9.47 Å². The number of hydrogen-bond acceptors (Lipinski definition) is 5. The molecular formula is C24H29FN6O2. The first-order valence-electron chi connectivity index (χ1n) is 11.6. The number of nitrogens with one attached hydrogen (secondary N) is 1. The maximum absolute atomic E-state index is 13.4. The van der Waals surface area contributed by atoms with E-state index in [0.717, 1.165) is 43.7 Å². The molecule has 3 aliphatic rings. The molecule has 0 saturated carbocycles. The lowest BCUT2D eigenvalue weighted by Crippen LogP contribution is -2.56. The summed E-state index contributed by atoms with van der Waals surface area (Å²) in [6, 6.07) is 5.96. The Balaban J connectivity index is 1.29. The van der Waals surface area contributed by atoms with Gasteiger partial charge in [-0.05, 0) is 37.0 Å². The van der Waals surface area contributed by atoms with Gasteiger partial charge in [-0.3, -0.25) is 14.5 Å². The molecule has 1 N–H and O–H groups in total. The van der Waals surface area contributed by atoms with E-state index in [9.17, 15) is 14.0 Å². The van der Waals surface area contributed by atoms with Gasteiger partial charge in [-0.25, -0.2) is 4.39 Å². The quantitative estimate of drug-likeness (QED) is 0.720. The summed E-state index contributed by atoms with van der Waals surface area (Å²) in [6.07, 6.45) is 6.87. The number of benzene rings is 1. The second kappa shape index (κ2) is 8.70. The van der Waals surface area contributed by atoms with Crippen LogP contribution >= 0.6 is 0 Å². The van der Waals surface area contributed by atoms with Gasteiger partial charge in [-0.2, -0.15) is 0 Å². The monoisotopic (exact) mass is 452 g/mol. The van der Waals surface area contributed by atoms with Crippen LogP contribution < -0.4 is 5.32 Å². The Labute approximate surface area is 192 Å². The average molecular weight is 453 g/mol. The van der Waals surface area contributed by atoms with Crippen LogP contribution in [0.5, 0.6) is 0 Å². The molecule has 1 fully saturated rings. The molecule has 0 spiro atoms. The third-order valence-electron chi connectivity index (χ3n) is 7.15. The maximum atomic E-state index is 13.4. The fourth-order valence-electron chi connectivity index (χ4n) is 5.10. The molecule has 1 aliphatic carbocycles. The van der Waals surface area contributed by atoms with Crippen molar-refractivity contribution in [3.05, 3.63) is 59.4 Å². The number of carbonyl (C=O) groups excluding carboxylic acids is 2. The van der Waals surface area contributed by atoms with E-state index in [4.69, 9.17) is 0 Å². The number of fused-ring (bicyclic) bond motifs is 3. The van der Waals surface area contributed by atoms with E-state index in [1.54, 1.807) is 12.1 Å². The highest BCUT2D eigenvalue weighted by Gasteiger charge is 2.42. The fourth-order valence-corrected chi connectivity index (χ4v) is 5.10. The van der Waals surface area contributed by atoms with Gasteiger partial charge in [-0.1, -0.05) is 31.2 Å². The third kappa shape index (κ3) is 4.17. The SMILES string of the molecule is C[C@]1(C(=O)N2CCN3CCn4c(C(=O)NCc5ccc(F)cc5)nnc4[C@H]3C2)CC=CCC1. The number of nitrogens with zero attached hydrogens (tertiary/aromatic N) is 5. The largest absolute Gasteiger partial charge is 0.345 e. The van der Waals surface area contributed by atoms with E-state index >= 15 is 0 Å². The Morgan fingerprint density at radius 1 is 1.12 bits per heavy atom. The molecule has 9 heteroatoms. The third-order valence-corrected chi connectivity index (χ3v) is 7.15. The molecule has 0 bridgehead atoms. The van der Waals surface area contributed by atoms with Crippen LogP contribution in [0.25, 0.3) is 0 Å². The van der Waals surface area contributed by atoms with Crippen molar-refractivity contribution < 1.29 is 14.0 Å². The number of hydrogen-bond donors (Lipinski definition) is 1. The van der Waals surface area contributed by atoms with Crippen LogP contribution in [0.3, 0.4) is 0 Å². The van der Waals surface area contributed by atoms with Gasteiger partial charge in [0, 0.05) is 39.3 Å². The van der Waals surface area contributed by atoms with E-state index < -0.39 is 0 Å². The molecular weight excluding hydrogens is 423 g/mol. The van der Waals surface area contributed by atoms with Crippen molar-refractivity contribution in [3.63, 3.8) is 0 Å². The van der Waals surface area contributed by atoms with E-state index in [-0.39, 0.29) is 41.5 Å². The van der Waals surface area contributed by atoms with E-state index in [2.05, 4.69) is 39.5 Å². The molecule has 8 nitrogen and oxygen atoms in total. The molecule has 1 saturated heterocycles. The van der Waals surface area contributed by atoms with Gasteiger partial charge in [0.05, 0.1) is 11.5 Å². The van der Waals surface area contributed by atoms with Crippen LogP contribution in [-0.2, 0) is 17.9 Å². The van der Waals surface area contributed by atoms with Gasteiger partial charge in [-0.15, -0.1) is 10.2 Å². The molecule has 2 aromatic rings. The number of aromatic nitrogens is 3. The molecule has 33 heavy (non-hydrogen) atoms. The Morgan fingerprint density at radius 3 is 2.67 bits per heavy atom. The molecule has 2 amide bonds. The molecule has 0 radical (unpaired) electrons. The van der Waals surface area contributed by atoms with E-state index in [1.165, 1.54) is 12.1 Å². The lowest BCUT2D eigenvalue weighted by atomic mass is 9.77. The first-order chi connectivity index (χ1) is 15.9. The summed E-state index contributed by atoms with van der Waals surface area (Å²) >= 11 is 0. The van der Waals surface area contributed by atoms with Gasteiger partial charge < -0.3 is 14.8 Å². The zero-order valence-electron chi connectivity index (χ0n) is 18.8. The minimum atomic E-state index is -0.343. The number of carbonyl (C=O) groups is 2. The highest BCUT2D eigenvalue weighted by Crippen LogP contribution is 2.36. The highest BCUT2D eigenvalue weighted by molar-refractivity contribution is 5.90. The van der Waals surface area contributed by atoms with Crippen LogP contribution in [0.2, 0.25) is 0 Å². The van der Waals surface area contributed by atoms with Crippen molar-refractivity contribution in [1.82, 2.24) is 29.9 Å². The predicted octanol–water partition coefficient (Wildman–Crippen LogP) is 2.29. The van der Waals surface area contributed by atoms with Gasteiger partial charge >= 0.3 is 0 Å². The molecule has 1 aromatic heterocycles. The second-order valence-electron chi connectivity index (χ2n) is 9.42. The zero-order valence-corrected chi connectivity index (χ0v) is 18.8. The van der Waals surface area contributed by atoms with Crippen molar-refractivity contribution in [1.29, 1.82) is 0 Å². The number of piperazine rings is 1. The highest BCUT2D eigenvalue weighted by atomic mass is 19.1. The molecule has 1 aromatic carbocycles. The summed E-state index contributed by atoms with van der Waals surface area (Å²) in [4.78, 5) is 30.5. The van der Waals surface area contributed by atoms with Gasteiger partial charge in [0.2, 0.25) is 11.7 Å². The maximum Gasteiger partial charge on any atom is 0.289 e. The molecule has 0 unspecified atom stereocenters. The minimum absolute atomic E-state index is 0.0645. The Hall–Kier alpha value is -3.07. The van der Waals surface area contributed by atoms with Crippen molar-refractivity contribution in [2.45, 2.75) is 45.3 Å². The van der Waals surface area contributed by atoms with Crippen LogP contribution in [0.1, 0.15) is 54.2 Å². The van der Waals surface area contributed by atoms with Gasteiger partial charge in [0.1, 0.15) is 5.82 Å². The summed E-state index contributed by atoms with van der Waals surface area (Å²) in [5.74, 6) is 0.603. The normalized spacial score (nSPS) is 24.8. The number of rotatable bonds is 4. The topological polar surface area (TPSA) is 83.4 Å². The second-order valence-corrected chi connectivity index (χ2v) is 9.42. The number of amides is 2. The minimum Gasteiger partial charge on any atom is -0.345 e. The van der Waals surface area contributed by atoms with Crippen LogP contribution in [0.15, 0.2) is 36.4 Å². The average Bonchev–Trinajstić information content (AvgIpc) is 3.28. The Morgan fingerprint density at radius 2 is 1.91 bits per heavy atom. The zero-order chi connectivity index (χ0) is 23.0. The van der Waals surface area contributed by atoms with Crippen LogP contribution in [0, 0.1) is 11.2 Å². The van der Waals surface area contributed by atoms with Crippen molar-refractivity contribution in [2.75, 3.05) is 26.2 Å². The first-order valence-corrected chi connectivity index (χ1v) is 11.6. The molecule has 2 atom stereocenters. The Kier molecular flexibility index (Phi) is 5.74. The number of allylic oxidation sites excluding steroid dienone is 2. The summed E-state index contributed by atoms with van der Waals surface area (Å²) in [6.45, 7) is 5.84. The first kappa shape index (κ1) is 21.8. The van der Waals surface area contributed by atoms with Crippen LogP contribution in [0.4, 0.5) is 4.39 Å². The van der Waals surface area contributed by atoms with Crippen molar-refractivity contribution in [3.8, 4) is 0 Å². The standard InChI is InChI=1S/C24H29FN6O2/c1-24(9-3-2-4-10-24)23(33)30-12-11-29-13-14-31-20(19(29)16-30)27-28-21(31)22(32)26-15-17-5-7-18(25)8-6-17/h2-3,5-8,19H,4,9-16H2,1H3,(H,26,32)/t19-,24+/m1/s1.